The van der Waals surface area contributed by atoms with E-state index in [4.69, 9.17) is 9.83 Å². The molecule has 130 valence electrons. The van der Waals surface area contributed by atoms with Crippen molar-refractivity contribution in [2.45, 2.75) is 32.4 Å². The summed E-state index contributed by atoms with van der Waals surface area (Å²) < 4.78 is 0. The second-order valence-electron chi connectivity index (χ2n) is 6.68. The molecule has 2 aliphatic rings. The lowest BCUT2D eigenvalue weighted by molar-refractivity contribution is -0.0849. The molecule has 4 rings (SSSR count). The summed E-state index contributed by atoms with van der Waals surface area (Å²) in [4.78, 5) is 27.1. The van der Waals surface area contributed by atoms with Gasteiger partial charge < -0.3 is 4.90 Å². The van der Waals surface area contributed by atoms with Gasteiger partial charge in [-0.1, -0.05) is 29.8 Å². The molecule has 0 aliphatic carbocycles. The molecule has 0 atom stereocenters. The zero-order valence-corrected chi connectivity index (χ0v) is 15.2. The Morgan fingerprint density at radius 2 is 1.88 bits per heavy atom. The van der Waals surface area contributed by atoms with Gasteiger partial charge in [-0.3, -0.25) is 4.79 Å². The SMILES string of the molecule is Cc1ccc(C2=NC3(CCN(C(=O)c4ccc(C)s4)CC3)ON2)cc1. The van der Waals surface area contributed by atoms with E-state index in [2.05, 4.69) is 24.5 Å². The fourth-order valence-electron chi connectivity index (χ4n) is 3.21. The number of hydrogen-bond acceptors (Lipinski definition) is 5. The van der Waals surface area contributed by atoms with Gasteiger partial charge in [0.25, 0.3) is 5.91 Å². The van der Waals surface area contributed by atoms with Gasteiger partial charge in [-0.25, -0.2) is 15.3 Å². The first-order chi connectivity index (χ1) is 12.0. The van der Waals surface area contributed by atoms with Crippen molar-refractivity contribution in [1.82, 2.24) is 10.4 Å². The summed E-state index contributed by atoms with van der Waals surface area (Å²) in [6.45, 7) is 5.39. The van der Waals surface area contributed by atoms with Crippen LogP contribution in [0.1, 0.15) is 38.5 Å². The highest BCUT2D eigenvalue weighted by molar-refractivity contribution is 7.13. The van der Waals surface area contributed by atoms with Crippen LogP contribution in [0.3, 0.4) is 0 Å². The number of piperidine rings is 1. The van der Waals surface area contributed by atoms with Crippen LogP contribution in [0.15, 0.2) is 41.4 Å². The standard InChI is InChI=1S/C19H21N3O2S/c1-13-3-6-15(7-4-13)17-20-19(24-21-17)9-11-22(12-10-19)18(23)16-8-5-14(2)25-16/h3-8H,9-12H2,1-2H3,(H,20,21). The van der Waals surface area contributed by atoms with E-state index in [0.717, 1.165) is 21.2 Å². The first-order valence-electron chi connectivity index (χ1n) is 8.51. The number of carbonyl (C=O) groups excluding carboxylic acids is 1. The van der Waals surface area contributed by atoms with Crippen molar-refractivity contribution in [3.63, 3.8) is 0 Å². The van der Waals surface area contributed by atoms with Crippen molar-refractivity contribution in [3.05, 3.63) is 57.3 Å². The molecule has 1 spiro atoms. The van der Waals surface area contributed by atoms with Gasteiger partial charge in [0.2, 0.25) is 0 Å². The maximum absolute atomic E-state index is 12.6. The minimum atomic E-state index is -0.553. The van der Waals surface area contributed by atoms with Gasteiger partial charge in [-0.15, -0.1) is 11.3 Å². The number of rotatable bonds is 2. The van der Waals surface area contributed by atoms with E-state index in [1.54, 1.807) is 11.3 Å². The van der Waals surface area contributed by atoms with E-state index in [1.807, 2.05) is 36.1 Å². The molecule has 2 aliphatic heterocycles. The van der Waals surface area contributed by atoms with Crippen molar-refractivity contribution < 1.29 is 9.63 Å². The average molecular weight is 355 g/mol. The predicted molar refractivity (Wildman–Crippen MR) is 98.9 cm³/mol. The Morgan fingerprint density at radius 3 is 2.52 bits per heavy atom. The highest BCUT2D eigenvalue weighted by atomic mass is 32.1. The van der Waals surface area contributed by atoms with E-state index in [9.17, 15) is 4.79 Å². The van der Waals surface area contributed by atoms with Gasteiger partial charge in [-0.2, -0.15) is 0 Å². The van der Waals surface area contributed by atoms with E-state index >= 15 is 0 Å². The van der Waals surface area contributed by atoms with Crippen LogP contribution < -0.4 is 5.48 Å². The molecule has 5 nitrogen and oxygen atoms in total. The van der Waals surface area contributed by atoms with Crippen LogP contribution in [-0.2, 0) is 4.84 Å². The summed E-state index contributed by atoms with van der Waals surface area (Å²) in [7, 11) is 0. The molecule has 1 saturated heterocycles. The van der Waals surface area contributed by atoms with Gasteiger partial charge in [0, 0.05) is 36.4 Å². The number of aryl methyl sites for hydroxylation is 2. The Kier molecular flexibility index (Phi) is 4.09. The molecule has 0 bridgehead atoms. The highest BCUT2D eigenvalue weighted by Gasteiger charge is 2.41. The number of amidine groups is 1. The molecule has 0 unspecified atom stereocenters. The molecule has 1 fully saturated rings. The fourth-order valence-corrected chi connectivity index (χ4v) is 4.04. The number of amides is 1. The van der Waals surface area contributed by atoms with E-state index < -0.39 is 5.72 Å². The van der Waals surface area contributed by atoms with Crippen molar-refractivity contribution in [3.8, 4) is 0 Å². The van der Waals surface area contributed by atoms with Crippen molar-refractivity contribution in [1.29, 1.82) is 0 Å². The van der Waals surface area contributed by atoms with Crippen molar-refractivity contribution in [2.24, 2.45) is 4.99 Å². The second kappa shape index (κ2) is 6.28. The zero-order chi connectivity index (χ0) is 17.4. The van der Waals surface area contributed by atoms with Crippen LogP contribution >= 0.6 is 11.3 Å². The maximum atomic E-state index is 12.6. The number of nitrogens with one attached hydrogen (secondary N) is 1. The number of likely N-dealkylation sites (tertiary alicyclic amines) is 1. The summed E-state index contributed by atoms with van der Waals surface area (Å²) in [6, 6.07) is 12.1. The smallest absolute Gasteiger partial charge is 0.263 e. The topological polar surface area (TPSA) is 53.9 Å². The molecule has 1 aromatic carbocycles. The number of thiophene rings is 1. The molecule has 0 saturated carbocycles. The minimum absolute atomic E-state index is 0.113. The van der Waals surface area contributed by atoms with Crippen LogP contribution in [0.4, 0.5) is 0 Å². The molecular weight excluding hydrogens is 334 g/mol. The number of aliphatic imine (C=N–C) groups is 1. The zero-order valence-electron chi connectivity index (χ0n) is 14.4. The van der Waals surface area contributed by atoms with Crippen LogP contribution in [-0.4, -0.2) is 35.5 Å². The molecule has 3 heterocycles. The van der Waals surface area contributed by atoms with Gasteiger partial charge in [0.1, 0.15) is 0 Å². The van der Waals surface area contributed by atoms with E-state index in [-0.39, 0.29) is 5.91 Å². The van der Waals surface area contributed by atoms with Gasteiger partial charge in [-0.05, 0) is 26.0 Å². The Balaban J connectivity index is 1.44. The molecule has 6 heteroatoms. The molecule has 25 heavy (non-hydrogen) atoms. The number of carbonyl (C=O) groups is 1. The first kappa shape index (κ1) is 16.3. The lowest BCUT2D eigenvalue weighted by Gasteiger charge is -2.35. The largest absolute Gasteiger partial charge is 0.338 e. The molecule has 1 aromatic heterocycles. The predicted octanol–water partition coefficient (Wildman–Crippen LogP) is 3.28. The number of hydroxylamine groups is 1. The van der Waals surface area contributed by atoms with Gasteiger partial charge >= 0.3 is 0 Å². The van der Waals surface area contributed by atoms with Crippen LogP contribution in [0, 0.1) is 13.8 Å². The summed E-state index contributed by atoms with van der Waals surface area (Å²) in [5.41, 5.74) is 4.67. The molecule has 1 amide bonds. The van der Waals surface area contributed by atoms with Crippen molar-refractivity contribution >= 4 is 23.1 Å². The molecule has 2 aromatic rings. The summed E-state index contributed by atoms with van der Waals surface area (Å²) in [6.07, 6.45) is 1.40. The first-order valence-corrected chi connectivity index (χ1v) is 9.33. The fraction of sp³-hybridized carbons (Fsp3) is 0.368. The van der Waals surface area contributed by atoms with Gasteiger partial charge in [0.05, 0.1) is 4.88 Å². The molecule has 0 radical (unpaired) electrons. The number of nitrogens with zero attached hydrogens (tertiary/aromatic N) is 2. The number of benzene rings is 1. The minimum Gasteiger partial charge on any atom is -0.338 e. The quantitative estimate of drug-likeness (QED) is 0.899. The van der Waals surface area contributed by atoms with Crippen LogP contribution in [0.2, 0.25) is 0 Å². The summed E-state index contributed by atoms with van der Waals surface area (Å²) in [5, 5.41) is 0. The maximum Gasteiger partial charge on any atom is 0.263 e. The Morgan fingerprint density at radius 1 is 1.16 bits per heavy atom. The Hall–Kier alpha value is -2.18. The second-order valence-corrected chi connectivity index (χ2v) is 7.97. The van der Waals surface area contributed by atoms with E-state index in [1.165, 1.54) is 5.56 Å². The Bertz CT molecular complexity index is 817. The summed E-state index contributed by atoms with van der Waals surface area (Å²) in [5.74, 6) is 0.885. The third kappa shape index (κ3) is 3.19. The monoisotopic (exact) mass is 355 g/mol. The van der Waals surface area contributed by atoms with Crippen LogP contribution in [0.25, 0.3) is 0 Å². The summed E-state index contributed by atoms with van der Waals surface area (Å²) >= 11 is 1.55. The van der Waals surface area contributed by atoms with Crippen LogP contribution in [0.5, 0.6) is 0 Å². The Labute approximate surface area is 151 Å². The third-order valence-corrected chi connectivity index (χ3v) is 5.75. The lowest BCUT2D eigenvalue weighted by atomic mass is 10.0. The van der Waals surface area contributed by atoms with Crippen molar-refractivity contribution in [2.75, 3.05) is 13.1 Å². The molecular formula is C19H21N3O2S. The van der Waals surface area contributed by atoms with E-state index in [0.29, 0.717) is 25.9 Å². The number of hydrogen-bond donors (Lipinski definition) is 1. The third-order valence-electron chi connectivity index (χ3n) is 4.76. The average Bonchev–Trinajstić information content (AvgIpc) is 3.23. The van der Waals surface area contributed by atoms with Gasteiger partial charge in [0.15, 0.2) is 11.6 Å². The highest BCUT2D eigenvalue weighted by Crippen LogP contribution is 2.32. The molecule has 1 N–H and O–H groups in total. The lowest BCUT2D eigenvalue weighted by Crippen LogP contribution is -2.46. The normalized spacial score (nSPS) is 19.0.